The van der Waals surface area contributed by atoms with Gasteiger partial charge in [0.05, 0.1) is 18.4 Å². The number of nitrogens with one attached hydrogen (secondary N) is 1. The molecule has 126 valence electrons. The van der Waals surface area contributed by atoms with Crippen molar-refractivity contribution in [3.63, 3.8) is 0 Å². The van der Waals surface area contributed by atoms with E-state index < -0.39 is 0 Å². The molecule has 0 bridgehead atoms. The zero-order valence-corrected chi connectivity index (χ0v) is 14.5. The van der Waals surface area contributed by atoms with E-state index in [9.17, 15) is 9.59 Å². The number of carbonyl (C=O) groups excluding carboxylic acids is 2. The van der Waals surface area contributed by atoms with E-state index in [2.05, 4.69) is 26.1 Å². The number of carbonyl (C=O) groups is 2. The van der Waals surface area contributed by atoms with Gasteiger partial charge in [-0.15, -0.1) is 0 Å². The SMILES string of the molecule is CCC(CC)CC.COc1ccc2c(c1C=O)NC(=O)C=CC2. The van der Waals surface area contributed by atoms with Crippen molar-refractivity contribution in [2.45, 2.75) is 46.5 Å². The van der Waals surface area contributed by atoms with Crippen LogP contribution in [0.2, 0.25) is 0 Å². The maximum Gasteiger partial charge on any atom is 0.248 e. The molecule has 0 saturated carbocycles. The molecular formula is C19H27NO3. The molecule has 0 atom stereocenters. The molecule has 1 aliphatic rings. The molecule has 0 spiro atoms. The van der Waals surface area contributed by atoms with E-state index in [-0.39, 0.29) is 5.91 Å². The van der Waals surface area contributed by atoms with Crippen LogP contribution in [0.5, 0.6) is 5.75 Å². The van der Waals surface area contributed by atoms with Gasteiger partial charge >= 0.3 is 0 Å². The number of methoxy groups -OCH3 is 1. The summed E-state index contributed by atoms with van der Waals surface area (Å²) < 4.78 is 5.08. The fourth-order valence-corrected chi connectivity index (χ4v) is 2.58. The van der Waals surface area contributed by atoms with E-state index in [0.717, 1.165) is 11.5 Å². The third-order valence-corrected chi connectivity index (χ3v) is 4.22. The molecule has 23 heavy (non-hydrogen) atoms. The first-order chi connectivity index (χ1) is 11.1. The Balaban J connectivity index is 0.000000322. The molecule has 0 unspecified atom stereocenters. The minimum Gasteiger partial charge on any atom is -0.496 e. The number of hydrogen-bond donors (Lipinski definition) is 1. The van der Waals surface area contributed by atoms with Gasteiger partial charge in [0.25, 0.3) is 0 Å². The number of hydrogen-bond acceptors (Lipinski definition) is 3. The Labute approximate surface area is 138 Å². The van der Waals surface area contributed by atoms with Gasteiger partial charge in [0.2, 0.25) is 5.91 Å². The second-order valence-corrected chi connectivity index (χ2v) is 5.52. The van der Waals surface area contributed by atoms with E-state index >= 15 is 0 Å². The van der Waals surface area contributed by atoms with Crippen molar-refractivity contribution in [3.8, 4) is 5.75 Å². The highest BCUT2D eigenvalue weighted by molar-refractivity contribution is 6.04. The summed E-state index contributed by atoms with van der Waals surface area (Å²) in [6.45, 7) is 6.78. The second-order valence-electron chi connectivity index (χ2n) is 5.52. The first-order valence-electron chi connectivity index (χ1n) is 8.23. The summed E-state index contributed by atoms with van der Waals surface area (Å²) in [4.78, 5) is 22.4. The molecule has 1 aliphatic heterocycles. The second kappa shape index (κ2) is 9.82. The highest BCUT2D eigenvalue weighted by Crippen LogP contribution is 2.30. The van der Waals surface area contributed by atoms with E-state index in [1.165, 1.54) is 32.4 Å². The Morgan fingerprint density at radius 3 is 2.35 bits per heavy atom. The van der Waals surface area contributed by atoms with Gasteiger partial charge in [-0.05, 0) is 30.0 Å². The topological polar surface area (TPSA) is 55.4 Å². The number of benzene rings is 1. The Kier molecular flexibility index (Phi) is 8.09. The van der Waals surface area contributed by atoms with Crippen LogP contribution in [0.3, 0.4) is 0 Å². The van der Waals surface area contributed by atoms with E-state index in [0.29, 0.717) is 29.7 Å². The van der Waals surface area contributed by atoms with Crippen LogP contribution in [-0.4, -0.2) is 19.3 Å². The van der Waals surface area contributed by atoms with Gasteiger partial charge in [0.15, 0.2) is 6.29 Å². The lowest BCUT2D eigenvalue weighted by Gasteiger charge is -2.12. The van der Waals surface area contributed by atoms with Gasteiger partial charge in [-0.2, -0.15) is 0 Å². The van der Waals surface area contributed by atoms with Crippen LogP contribution in [0.4, 0.5) is 5.69 Å². The quantitative estimate of drug-likeness (QED) is 0.819. The maximum absolute atomic E-state index is 11.4. The minimum absolute atomic E-state index is 0.227. The number of anilines is 1. The van der Waals surface area contributed by atoms with Crippen LogP contribution in [0.1, 0.15) is 56.0 Å². The zero-order valence-electron chi connectivity index (χ0n) is 14.5. The average Bonchev–Trinajstić information content (AvgIpc) is 2.76. The Hall–Kier alpha value is -2.10. The van der Waals surface area contributed by atoms with Crippen LogP contribution < -0.4 is 10.1 Å². The smallest absolute Gasteiger partial charge is 0.248 e. The number of fused-ring (bicyclic) bond motifs is 1. The molecule has 1 amide bonds. The molecule has 1 N–H and O–H groups in total. The van der Waals surface area contributed by atoms with Crippen LogP contribution >= 0.6 is 0 Å². The van der Waals surface area contributed by atoms with Crippen molar-refractivity contribution in [1.82, 2.24) is 0 Å². The van der Waals surface area contributed by atoms with Crippen molar-refractivity contribution < 1.29 is 14.3 Å². The van der Waals surface area contributed by atoms with Crippen LogP contribution in [-0.2, 0) is 11.2 Å². The van der Waals surface area contributed by atoms with Gasteiger partial charge in [0, 0.05) is 0 Å². The summed E-state index contributed by atoms with van der Waals surface area (Å²) >= 11 is 0. The van der Waals surface area contributed by atoms with Gasteiger partial charge < -0.3 is 10.1 Å². The summed E-state index contributed by atoms with van der Waals surface area (Å²) in [7, 11) is 1.49. The summed E-state index contributed by atoms with van der Waals surface area (Å²) in [6, 6.07) is 3.57. The summed E-state index contributed by atoms with van der Waals surface area (Å²) in [5.41, 5.74) is 1.84. The molecule has 2 rings (SSSR count). The standard InChI is InChI=1S/C12H11NO3.C7H16/c1-16-10-6-5-8-3-2-4-11(15)13-12(8)9(10)7-14;1-4-7(5-2)6-3/h2,4-7H,3H2,1H3,(H,13,15);7H,4-6H2,1-3H3. The molecule has 0 saturated heterocycles. The fraction of sp³-hybridized carbons (Fsp3) is 0.474. The number of allylic oxidation sites excluding steroid dienone is 1. The first-order valence-corrected chi connectivity index (χ1v) is 8.23. The normalized spacial score (nSPS) is 12.7. The van der Waals surface area contributed by atoms with Gasteiger partial charge in [0.1, 0.15) is 5.75 Å². The van der Waals surface area contributed by atoms with Crippen LogP contribution in [0.25, 0.3) is 0 Å². The average molecular weight is 317 g/mol. The maximum atomic E-state index is 11.4. The lowest BCUT2D eigenvalue weighted by atomic mass is 10.0. The Morgan fingerprint density at radius 2 is 1.87 bits per heavy atom. The fourth-order valence-electron chi connectivity index (χ4n) is 2.58. The van der Waals surface area contributed by atoms with Gasteiger partial charge in [-0.3, -0.25) is 9.59 Å². The largest absolute Gasteiger partial charge is 0.496 e. The molecule has 4 nitrogen and oxygen atoms in total. The third-order valence-electron chi connectivity index (χ3n) is 4.22. The Bertz CT molecular complexity index is 554. The van der Waals surface area contributed by atoms with Crippen molar-refractivity contribution in [2.24, 2.45) is 5.92 Å². The Morgan fingerprint density at radius 1 is 1.22 bits per heavy atom. The number of aldehydes is 1. The van der Waals surface area contributed by atoms with Gasteiger partial charge in [-0.1, -0.05) is 52.2 Å². The zero-order chi connectivity index (χ0) is 17.2. The van der Waals surface area contributed by atoms with Crippen LogP contribution in [0, 0.1) is 5.92 Å². The van der Waals surface area contributed by atoms with Crippen molar-refractivity contribution in [3.05, 3.63) is 35.4 Å². The summed E-state index contributed by atoms with van der Waals surface area (Å²) in [6.07, 6.45) is 8.61. The molecule has 4 heteroatoms. The van der Waals surface area contributed by atoms with Crippen molar-refractivity contribution in [1.29, 1.82) is 0 Å². The van der Waals surface area contributed by atoms with Crippen molar-refractivity contribution >= 4 is 17.9 Å². The predicted molar refractivity (Wildman–Crippen MR) is 94.2 cm³/mol. The molecule has 1 heterocycles. The molecule has 1 aromatic rings. The predicted octanol–water partition coefficient (Wildman–Crippen LogP) is 4.39. The van der Waals surface area contributed by atoms with E-state index in [1.807, 2.05) is 6.07 Å². The summed E-state index contributed by atoms with van der Waals surface area (Å²) in [5, 5.41) is 2.68. The highest BCUT2D eigenvalue weighted by atomic mass is 16.5. The molecule has 0 aliphatic carbocycles. The number of ether oxygens (including phenoxy) is 1. The highest BCUT2D eigenvalue weighted by Gasteiger charge is 2.16. The lowest BCUT2D eigenvalue weighted by molar-refractivity contribution is -0.111. The van der Waals surface area contributed by atoms with Crippen molar-refractivity contribution in [2.75, 3.05) is 12.4 Å². The monoisotopic (exact) mass is 317 g/mol. The van der Waals surface area contributed by atoms with E-state index in [1.54, 1.807) is 12.1 Å². The summed E-state index contributed by atoms with van der Waals surface area (Å²) in [5.74, 6) is 1.23. The molecule has 0 radical (unpaired) electrons. The number of amides is 1. The van der Waals surface area contributed by atoms with E-state index in [4.69, 9.17) is 4.74 Å². The molecule has 0 aromatic heterocycles. The lowest BCUT2D eigenvalue weighted by Crippen LogP contribution is -2.10. The van der Waals surface area contributed by atoms with Crippen LogP contribution in [0.15, 0.2) is 24.3 Å². The number of rotatable bonds is 5. The molecule has 1 aromatic carbocycles. The first kappa shape index (κ1) is 18.9. The minimum atomic E-state index is -0.227. The van der Waals surface area contributed by atoms with Gasteiger partial charge in [-0.25, -0.2) is 0 Å². The molecular weight excluding hydrogens is 290 g/mol. The third kappa shape index (κ3) is 5.23. The molecule has 0 fully saturated rings.